The highest BCUT2D eigenvalue weighted by Crippen LogP contribution is 2.25. The fourth-order valence-electron chi connectivity index (χ4n) is 2.67. The number of anilines is 2. The number of hydrazone groups is 1. The quantitative estimate of drug-likeness (QED) is 0.329. The number of amides is 3. The van der Waals surface area contributed by atoms with E-state index in [0.29, 0.717) is 17.0 Å². The number of nitrogens with one attached hydrogen (secondary N) is 3. The Bertz CT molecular complexity index is 1170. The van der Waals surface area contributed by atoms with Crippen molar-refractivity contribution in [1.82, 2.24) is 5.43 Å². The standard InChI is InChI=1S/C23H20ClFN4O4/c1-32-21-9-5-4-8-19(21)28-23(31)29-26-13-15-10-11-20(16(24)12-15)33-14-22(30)27-18-7-3-2-6-17(18)25/h2-13H,14H2,1H3,(H,27,30)(H2,28,29,31)/b26-13+. The summed E-state index contributed by atoms with van der Waals surface area (Å²) in [6, 6.07) is 17.0. The first kappa shape index (κ1) is 23.6. The molecule has 0 radical (unpaired) electrons. The van der Waals surface area contributed by atoms with Crippen molar-refractivity contribution in [3.63, 3.8) is 0 Å². The molecule has 0 saturated carbocycles. The third-order valence-corrected chi connectivity index (χ3v) is 4.49. The number of urea groups is 1. The monoisotopic (exact) mass is 470 g/mol. The van der Waals surface area contributed by atoms with Crippen LogP contribution in [0.1, 0.15) is 5.56 Å². The van der Waals surface area contributed by atoms with Gasteiger partial charge in [0.05, 0.1) is 29.7 Å². The number of ether oxygens (including phenoxy) is 2. The van der Waals surface area contributed by atoms with Gasteiger partial charge in [0.25, 0.3) is 5.91 Å². The third kappa shape index (κ3) is 6.94. The molecule has 3 rings (SSSR count). The predicted octanol–water partition coefficient (Wildman–Crippen LogP) is 4.66. The van der Waals surface area contributed by atoms with Crippen LogP contribution in [0.2, 0.25) is 5.02 Å². The molecule has 3 aromatic rings. The van der Waals surface area contributed by atoms with Crippen LogP contribution in [-0.2, 0) is 4.79 Å². The molecule has 0 spiro atoms. The maximum absolute atomic E-state index is 13.6. The van der Waals surface area contributed by atoms with E-state index in [9.17, 15) is 14.0 Å². The van der Waals surface area contributed by atoms with Crippen molar-refractivity contribution >= 4 is 41.1 Å². The molecule has 0 fully saturated rings. The largest absolute Gasteiger partial charge is 0.495 e. The van der Waals surface area contributed by atoms with E-state index < -0.39 is 17.8 Å². The molecular formula is C23H20ClFN4O4. The van der Waals surface area contributed by atoms with Gasteiger partial charge in [-0.05, 0) is 48.0 Å². The molecule has 8 nitrogen and oxygen atoms in total. The Morgan fingerprint density at radius 1 is 1.00 bits per heavy atom. The molecule has 3 aromatic carbocycles. The zero-order chi connectivity index (χ0) is 23.6. The van der Waals surface area contributed by atoms with Crippen LogP contribution in [0.15, 0.2) is 71.8 Å². The Labute approximate surface area is 194 Å². The Kier molecular flexibility index (Phi) is 8.20. The van der Waals surface area contributed by atoms with E-state index in [2.05, 4.69) is 21.2 Å². The predicted molar refractivity (Wildman–Crippen MR) is 125 cm³/mol. The lowest BCUT2D eigenvalue weighted by Gasteiger charge is -2.10. The van der Waals surface area contributed by atoms with Crippen LogP contribution < -0.4 is 25.5 Å². The number of benzene rings is 3. The number of methoxy groups -OCH3 is 1. The average Bonchev–Trinajstić information content (AvgIpc) is 2.80. The molecule has 0 aliphatic rings. The number of rotatable bonds is 8. The van der Waals surface area contributed by atoms with Crippen LogP contribution in [-0.4, -0.2) is 31.9 Å². The number of hydrogen-bond acceptors (Lipinski definition) is 5. The van der Waals surface area contributed by atoms with Gasteiger partial charge in [-0.15, -0.1) is 0 Å². The molecule has 0 aliphatic carbocycles. The van der Waals surface area contributed by atoms with E-state index in [1.165, 1.54) is 31.5 Å². The van der Waals surface area contributed by atoms with Crippen molar-refractivity contribution < 1.29 is 23.5 Å². The number of nitrogens with zero attached hydrogens (tertiary/aromatic N) is 1. The van der Waals surface area contributed by atoms with E-state index in [4.69, 9.17) is 21.1 Å². The molecule has 0 atom stereocenters. The minimum absolute atomic E-state index is 0.0611. The van der Waals surface area contributed by atoms with Gasteiger partial charge in [0.2, 0.25) is 0 Å². The zero-order valence-corrected chi connectivity index (χ0v) is 18.2. The fourth-order valence-corrected chi connectivity index (χ4v) is 2.91. The Morgan fingerprint density at radius 2 is 1.73 bits per heavy atom. The Balaban J connectivity index is 1.50. The summed E-state index contributed by atoms with van der Waals surface area (Å²) in [7, 11) is 1.50. The third-order valence-electron chi connectivity index (χ3n) is 4.20. The van der Waals surface area contributed by atoms with E-state index in [1.807, 2.05) is 0 Å². The summed E-state index contributed by atoms with van der Waals surface area (Å²) < 4.78 is 24.2. The fraction of sp³-hybridized carbons (Fsp3) is 0.0870. The van der Waals surface area contributed by atoms with Gasteiger partial charge in [-0.25, -0.2) is 14.6 Å². The SMILES string of the molecule is COc1ccccc1NC(=O)N/N=C/c1ccc(OCC(=O)Nc2ccccc2F)c(Cl)c1. The highest BCUT2D eigenvalue weighted by molar-refractivity contribution is 6.32. The van der Waals surface area contributed by atoms with Gasteiger partial charge < -0.3 is 20.1 Å². The van der Waals surface area contributed by atoms with Crippen LogP contribution in [0.4, 0.5) is 20.6 Å². The summed E-state index contributed by atoms with van der Waals surface area (Å²) >= 11 is 6.19. The first-order valence-corrected chi connectivity index (χ1v) is 10.0. The Hall–Kier alpha value is -4.11. The smallest absolute Gasteiger partial charge is 0.339 e. The number of carbonyl (C=O) groups excluding carboxylic acids is 2. The van der Waals surface area contributed by atoms with E-state index in [0.717, 1.165) is 0 Å². The molecule has 0 saturated heterocycles. The van der Waals surface area contributed by atoms with Crippen LogP contribution in [0.25, 0.3) is 0 Å². The molecule has 0 bridgehead atoms. The van der Waals surface area contributed by atoms with Crippen molar-refractivity contribution in [1.29, 1.82) is 0 Å². The van der Waals surface area contributed by atoms with Crippen LogP contribution in [0.5, 0.6) is 11.5 Å². The topological polar surface area (TPSA) is 101 Å². The summed E-state index contributed by atoms with van der Waals surface area (Å²) in [4.78, 5) is 24.0. The Morgan fingerprint density at radius 3 is 2.45 bits per heavy atom. The first-order chi connectivity index (χ1) is 16.0. The molecule has 3 amide bonds. The van der Waals surface area contributed by atoms with Gasteiger partial charge in [-0.2, -0.15) is 5.10 Å². The molecule has 0 aliphatic heterocycles. The van der Waals surface area contributed by atoms with Crippen LogP contribution in [0.3, 0.4) is 0 Å². The van der Waals surface area contributed by atoms with Gasteiger partial charge in [0.15, 0.2) is 6.61 Å². The lowest BCUT2D eigenvalue weighted by atomic mass is 10.2. The summed E-state index contributed by atoms with van der Waals surface area (Å²) in [5, 5.41) is 9.14. The van der Waals surface area contributed by atoms with Gasteiger partial charge in [0, 0.05) is 0 Å². The van der Waals surface area contributed by atoms with Crippen LogP contribution >= 0.6 is 11.6 Å². The minimum atomic E-state index is -0.553. The number of hydrogen-bond donors (Lipinski definition) is 3. The molecule has 33 heavy (non-hydrogen) atoms. The van der Waals surface area contributed by atoms with Crippen molar-refractivity contribution in [3.8, 4) is 11.5 Å². The number of carbonyl (C=O) groups is 2. The van der Waals surface area contributed by atoms with Crippen molar-refractivity contribution in [2.45, 2.75) is 0 Å². The van der Waals surface area contributed by atoms with Gasteiger partial charge in [-0.3, -0.25) is 4.79 Å². The van der Waals surface area contributed by atoms with E-state index >= 15 is 0 Å². The highest BCUT2D eigenvalue weighted by Gasteiger charge is 2.09. The first-order valence-electron chi connectivity index (χ1n) is 9.66. The summed E-state index contributed by atoms with van der Waals surface area (Å²) in [6.45, 7) is -0.355. The zero-order valence-electron chi connectivity index (χ0n) is 17.5. The molecule has 170 valence electrons. The summed E-state index contributed by atoms with van der Waals surface area (Å²) in [5.41, 5.74) is 3.48. The molecule has 0 heterocycles. The van der Waals surface area contributed by atoms with Gasteiger partial charge in [-0.1, -0.05) is 35.9 Å². The van der Waals surface area contributed by atoms with Gasteiger partial charge in [0.1, 0.15) is 17.3 Å². The number of halogens is 2. The average molecular weight is 471 g/mol. The molecular weight excluding hydrogens is 451 g/mol. The minimum Gasteiger partial charge on any atom is -0.495 e. The van der Waals surface area contributed by atoms with Crippen molar-refractivity contribution in [2.75, 3.05) is 24.4 Å². The normalized spacial score (nSPS) is 10.5. The highest BCUT2D eigenvalue weighted by atomic mass is 35.5. The van der Waals surface area contributed by atoms with E-state index in [1.54, 1.807) is 48.5 Å². The van der Waals surface area contributed by atoms with Crippen molar-refractivity contribution in [2.24, 2.45) is 5.10 Å². The molecule has 3 N–H and O–H groups in total. The summed E-state index contributed by atoms with van der Waals surface area (Å²) in [5.74, 6) is -0.300. The lowest BCUT2D eigenvalue weighted by Crippen LogP contribution is -2.24. The second-order valence-electron chi connectivity index (χ2n) is 6.53. The van der Waals surface area contributed by atoms with Gasteiger partial charge >= 0.3 is 6.03 Å². The second kappa shape index (κ2) is 11.5. The van der Waals surface area contributed by atoms with Crippen LogP contribution in [0, 0.1) is 5.82 Å². The molecule has 0 aromatic heterocycles. The second-order valence-corrected chi connectivity index (χ2v) is 6.94. The maximum Gasteiger partial charge on any atom is 0.339 e. The molecule has 0 unspecified atom stereocenters. The molecule has 10 heteroatoms. The van der Waals surface area contributed by atoms with Crippen molar-refractivity contribution in [3.05, 3.63) is 83.1 Å². The summed E-state index contributed by atoms with van der Waals surface area (Å²) in [6.07, 6.45) is 1.39. The number of para-hydroxylation sites is 3. The lowest BCUT2D eigenvalue weighted by molar-refractivity contribution is -0.118. The maximum atomic E-state index is 13.6. The van der Waals surface area contributed by atoms with E-state index in [-0.39, 0.29) is 23.1 Å².